The molecule has 34 heavy (non-hydrogen) atoms. The molecule has 3 aromatic rings. The van der Waals surface area contributed by atoms with Crippen molar-refractivity contribution in [2.24, 2.45) is 0 Å². The number of hydrogen-bond acceptors (Lipinski definition) is 5. The molecule has 8 nitrogen and oxygen atoms in total. The maximum absolute atomic E-state index is 13.1. The van der Waals surface area contributed by atoms with Gasteiger partial charge in [0.2, 0.25) is 5.95 Å². The van der Waals surface area contributed by atoms with Crippen molar-refractivity contribution in [3.05, 3.63) is 53.6 Å². The Morgan fingerprint density at radius 1 is 1.26 bits per heavy atom. The molecular formula is C23H23F3N4O4. The SMILES string of the molecule is CC(CCO)n1c(NC(=O)c2cccc(C(F)(F)F)c2)nc2cc(N3CCCOC3=O)ccc21. The molecule has 2 aromatic carbocycles. The van der Waals surface area contributed by atoms with Gasteiger partial charge in [0, 0.05) is 30.4 Å². The van der Waals surface area contributed by atoms with Crippen molar-refractivity contribution in [2.45, 2.75) is 32.0 Å². The maximum Gasteiger partial charge on any atom is 0.416 e. The Morgan fingerprint density at radius 3 is 2.76 bits per heavy atom. The largest absolute Gasteiger partial charge is 0.449 e. The summed E-state index contributed by atoms with van der Waals surface area (Å²) >= 11 is 0. The predicted molar refractivity (Wildman–Crippen MR) is 119 cm³/mol. The molecule has 1 atom stereocenters. The maximum atomic E-state index is 13.1. The normalized spacial score (nSPS) is 15.3. The lowest BCUT2D eigenvalue weighted by molar-refractivity contribution is -0.137. The van der Waals surface area contributed by atoms with Crippen LogP contribution in [0.5, 0.6) is 0 Å². The van der Waals surface area contributed by atoms with E-state index in [9.17, 15) is 27.9 Å². The number of carbonyl (C=O) groups is 2. The van der Waals surface area contributed by atoms with Crippen LogP contribution in [-0.2, 0) is 10.9 Å². The number of rotatable bonds is 6. The zero-order valence-electron chi connectivity index (χ0n) is 18.3. The van der Waals surface area contributed by atoms with Crippen molar-refractivity contribution in [1.82, 2.24) is 9.55 Å². The lowest BCUT2D eigenvalue weighted by Gasteiger charge is -2.26. The van der Waals surface area contributed by atoms with Crippen LogP contribution in [0.3, 0.4) is 0 Å². The summed E-state index contributed by atoms with van der Waals surface area (Å²) in [6, 6.07) is 9.00. The average molecular weight is 476 g/mol. The molecule has 1 saturated heterocycles. The Kier molecular flexibility index (Phi) is 6.47. The Labute approximate surface area is 192 Å². The summed E-state index contributed by atoms with van der Waals surface area (Å²) in [5, 5.41) is 12.0. The summed E-state index contributed by atoms with van der Waals surface area (Å²) in [6.07, 6.45) is -4.00. The highest BCUT2D eigenvalue weighted by Crippen LogP contribution is 2.32. The third-order valence-electron chi connectivity index (χ3n) is 5.62. The summed E-state index contributed by atoms with van der Waals surface area (Å²) in [5.41, 5.74) is 0.585. The molecule has 0 spiro atoms. The number of hydrogen-bond donors (Lipinski definition) is 2. The van der Waals surface area contributed by atoms with Gasteiger partial charge in [0.25, 0.3) is 5.91 Å². The van der Waals surface area contributed by atoms with E-state index in [0.717, 1.165) is 12.1 Å². The molecule has 4 rings (SSSR count). The van der Waals surface area contributed by atoms with Gasteiger partial charge in [0.15, 0.2) is 0 Å². The van der Waals surface area contributed by atoms with E-state index in [1.807, 2.05) is 6.92 Å². The zero-order chi connectivity index (χ0) is 24.5. The van der Waals surface area contributed by atoms with E-state index in [0.29, 0.717) is 42.7 Å². The van der Waals surface area contributed by atoms with Crippen LogP contribution in [0.2, 0.25) is 0 Å². The van der Waals surface area contributed by atoms with Gasteiger partial charge in [-0.1, -0.05) is 6.07 Å². The summed E-state index contributed by atoms with van der Waals surface area (Å²) in [4.78, 5) is 30.9. The summed E-state index contributed by atoms with van der Waals surface area (Å²) < 4.78 is 46.0. The van der Waals surface area contributed by atoms with E-state index in [1.54, 1.807) is 22.8 Å². The van der Waals surface area contributed by atoms with Crippen molar-refractivity contribution >= 4 is 34.7 Å². The number of aromatic nitrogens is 2. The van der Waals surface area contributed by atoms with Gasteiger partial charge in [-0.3, -0.25) is 15.0 Å². The van der Waals surface area contributed by atoms with Crippen LogP contribution in [-0.4, -0.2) is 46.4 Å². The lowest BCUT2D eigenvalue weighted by Crippen LogP contribution is -2.37. The van der Waals surface area contributed by atoms with Gasteiger partial charge in [-0.15, -0.1) is 0 Å². The molecule has 1 aliphatic heterocycles. The second-order valence-corrected chi connectivity index (χ2v) is 7.99. The number of anilines is 2. The third kappa shape index (κ3) is 4.69. The predicted octanol–water partition coefficient (Wildman–Crippen LogP) is 4.60. The van der Waals surface area contributed by atoms with Gasteiger partial charge in [-0.2, -0.15) is 13.2 Å². The first-order chi connectivity index (χ1) is 16.2. The van der Waals surface area contributed by atoms with Crippen LogP contribution in [0.1, 0.15) is 41.7 Å². The lowest BCUT2D eigenvalue weighted by atomic mass is 10.1. The first-order valence-electron chi connectivity index (χ1n) is 10.7. The number of fused-ring (bicyclic) bond motifs is 1. The van der Waals surface area contributed by atoms with Crippen LogP contribution >= 0.6 is 0 Å². The van der Waals surface area contributed by atoms with Gasteiger partial charge in [-0.25, -0.2) is 9.78 Å². The highest BCUT2D eigenvalue weighted by atomic mass is 19.4. The minimum absolute atomic E-state index is 0.112. The molecule has 0 saturated carbocycles. The molecule has 11 heteroatoms. The number of benzene rings is 2. The number of ether oxygens (including phenoxy) is 1. The standard InChI is InChI=1S/C23H23F3N4O4/c1-14(8-10-31)30-19-7-6-17(29-9-3-11-34-22(29)33)13-18(19)27-21(30)28-20(32)15-4-2-5-16(12-15)23(24,25)26/h2,4-7,12-14,31H,3,8-11H2,1H3,(H,27,28,32). The minimum atomic E-state index is -4.58. The Balaban J connectivity index is 1.71. The number of alkyl halides is 3. The van der Waals surface area contributed by atoms with E-state index in [1.165, 1.54) is 17.0 Å². The molecule has 0 bridgehead atoms. The highest BCUT2D eigenvalue weighted by Gasteiger charge is 2.31. The Bertz CT molecular complexity index is 1220. The molecule has 2 heterocycles. The number of cyclic esters (lactones) is 1. The number of carbonyl (C=O) groups excluding carboxylic acids is 2. The smallest absolute Gasteiger partial charge is 0.416 e. The number of imidazole rings is 1. The number of amides is 2. The van der Waals surface area contributed by atoms with E-state index < -0.39 is 23.7 Å². The van der Waals surface area contributed by atoms with E-state index in [2.05, 4.69) is 10.3 Å². The van der Waals surface area contributed by atoms with E-state index in [-0.39, 0.29) is 24.2 Å². The van der Waals surface area contributed by atoms with Crippen molar-refractivity contribution in [3.63, 3.8) is 0 Å². The summed E-state index contributed by atoms with van der Waals surface area (Å²) in [5.74, 6) is -0.629. The summed E-state index contributed by atoms with van der Waals surface area (Å²) in [6.45, 7) is 2.56. The van der Waals surface area contributed by atoms with Crippen LogP contribution < -0.4 is 10.2 Å². The first kappa shape index (κ1) is 23.6. The Hall–Kier alpha value is -3.60. The van der Waals surface area contributed by atoms with Crippen LogP contribution in [0.15, 0.2) is 42.5 Å². The zero-order valence-corrected chi connectivity index (χ0v) is 18.3. The fourth-order valence-corrected chi connectivity index (χ4v) is 3.90. The van der Waals surface area contributed by atoms with Gasteiger partial charge in [-0.05, 0) is 56.2 Å². The highest BCUT2D eigenvalue weighted by molar-refractivity contribution is 6.04. The molecule has 2 N–H and O–H groups in total. The minimum Gasteiger partial charge on any atom is -0.449 e. The van der Waals surface area contributed by atoms with Gasteiger partial charge < -0.3 is 14.4 Å². The van der Waals surface area contributed by atoms with Crippen molar-refractivity contribution in [2.75, 3.05) is 30.0 Å². The van der Waals surface area contributed by atoms with Crippen molar-refractivity contribution < 1.29 is 32.6 Å². The number of aliphatic hydroxyl groups excluding tert-OH is 1. The molecule has 180 valence electrons. The molecule has 1 unspecified atom stereocenters. The molecule has 0 aliphatic carbocycles. The Morgan fingerprint density at radius 2 is 2.06 bits per heavy atom. The second kappa shape index (κ2) is 9.34. The van der Waals surface area contributed by atoms with Crippen molar-refractivity contribution in [1.29, 1.82) is 0 Å². The second-order valence-electron chi connectivity index (χ2n) is 7.99. The molecule has 2 amide bonds. The number of halogens is 3. The number of nitrogens with zero attached hydrogens (tertiary/aromatic N) is 3. The molecule has 1 aliphatic rings. The number of nitrogens with one attached hydrogen (secondary N) is 1. The third-order valence-corrected chi connectivity index (χ3v) is 5.62. The molecule has 0 radical (unpaired) electrons. The van der Waals surface area contributed by atoms with Gasteiger partial charge in [0.1, 0.15) is 0 Å². The monoisotopic (exact) mass is 476 g/mol. The van der Waals surface area contributed by atoms with Crippen molar-refractivity contribution in [3.8, 4) is 0 Å². The fraction of sp³-hybridized carbons (Fsp3) is 0.348. The quantitative estimate of drug-likeness (QED) is 0.542. The average Bonchev–Trinajstić information content (AvgIpc) is 3.16. The molecule has 1 fully saturated rings. The van der Waals surface area contributed by atoms with E-state index >= 15 is 0 Å². The van der Waals surface area contributed by atoms with Crippen LogP contribution in [0.4, 0.5) is 29.6 Å². The topological polar surface area (TPSA) is 96.7 Å². The van der Waals surface area contributed by atoms with Crippen LogP contribution in [0, 0.1) is 0 Å². The first-order valence-corrected chi connectivity index (χ1v) is 10.7. The van der Waals surface area contributed by atoms with Crippen LogP contribution in [0.25, 0.3) is 11.0 Å². The fourth-order valence-electron chi connectivity index (χ4n) is 3.90. The molecule has 1 aromatic heterocycles. The summed E-state index contributed by atoms with van der Waals surface area (Å²) in [7, 11) is 0. The van der Waals surface area contributed by atoms with E-state index in [4.69, 9.17) is 4.74 Å². The molecular weight excluding hydrogens is 453 g/mol. The number of aliphatic hydroxyl groups is 1. The van der Waals surface area contributed by atoms with Gasteiger partial charge in [0.05, 0.1) is 23.2 Å². The van der Waals surface area contributed by atoms with Gasteiger partial charge >= 0.3 is 12.3 Å².